The lowest BCUT2D eigenvalue weighted by molar-refractivity contribution is 0.0292. The Kier molecular flexibility index (Phi) is 2.13. The molecule has 0 radical (unpaired) electrons. The molecule has 70 valence electrons. The molecule has 0 aromatic rings. The Morgan fingerprint density at radius 1 is 1.33 bits per heavy atom. The summed E-state index contributed by atoms with van der Waals surface area (Å²) in [5, 5.41) is 0. The van der Waals surface area contributed by atoms with E-state index in [0.29, 0.717) is 0 Å². The maximum absolute atomic E-state index is 6.12. The van der Waals surface area contributed by atoms with Crippen LogP contribution in [0.5, 0.6) is 0 Å². The summed E-state index contributed by atoms with van der Waals surface area (Å²) in [4.78, 5) is 2.58. The monoisotopic (exact) mass is 168 g/mol. The maximum atomic E-state index is 6.12. The molecule has 2 aliphatic rings. The first-order valence-corrected chi connectivity index (χ1v) is 5.26. The molecule has 2 N–H and O–H groups in total. The standard InChI is InChI=1S/C10H20N2/c1-2-10(11)7-12(8-10)9-5-3-4-6-9/h9H,2-8,11H2,1H3. The van der Waals surface area contributed by atoms with Gasteiger partial charge in [0.05, 0.1) is 0 Å². The Morgan fingerprint density at radius 3 is 2.42 bits per heavy atom. The lowest BCUT2D eigenvalue weighted by atomic mass is 9.86. The van der Waals surface area contributed by atoms with Crippen LogP contribution in [0.2, 0.25) is 0 Å². The highest BCUT2D eigenvalue weighted by molar-refractivity contribution is 5.01. The first kappa shape index (κ1) is 8.52. The van der Waals surface area contributed by atoms with E-state index in [9.17, 15) is 0 Å². The minimum absolute atomic E-state index is 0.169. The highest BCUT2D eigenvalue weighted by Gasteiger charge is 2.41. The Balaban J connectivity index is 1.80. The van der Waals surface area contributed by atoms with Crippen molar-refractivity contribution in [3.05, 3.63) is 0 Å². The summed E-state index contributed by atoms with van der Waals surface area (Å²) >= 11 is 0. The van der Waals surface area contributed by atoms with Crippen LogP contribution in [0, 0.1) is 0 Å². The second-order valence-corrected chi connectivity index (χ2v) is 4.56. The molecule has 1 aliphatic heterocycles. The lowest BCUT2D eigenvalue weighted by Crippen LogP contribution is -2.68. The summed E-state index contributed by atoms with van der Waals surface area (Å²) in [6.45, 7) is 4.49. The van der Waals surface area contributed by atoms with Gasteiger partial charge in [0.2, 0.25) is 0 Å². The molecule has 1 aliphatic carbocycles. The van der Waals surface area contributed by atoms with Gasteiger partial charge in [0.1, 0.15) is 0 Å². The third-order valence-corrected chi connectivity index (χ3v) is 3.58. The molecular weight excluding hydrogens is 148 g/mol. The molecule has 12 heavy (non-hydrogen) atoms. The van der Waals surface area contributed by atoms with Crippen LogP contribution in [0.4, 0.5) is 0 Å². The van der Waals surface area contributed by atoms with Crippen LogP contribution in [0.25, 0.3) is 0 Å². The molecule has 2 heteroatoms. The zero-order chi connectivity index (χ0) is 8.60. The van der Waals surface area contributed by atoms with Crippen molar-refractivity contribution in [2.75, 3.05) is 13.1 Å². The fraction of sp³-hybridized carbons (Fsp3) is 1.00. The molecule has 0 aromatic carbocycles. The number of nitrogens with zero attached hydrogens (tertiary/aromatic N) is 1. The molecule has 0 bridgehead atoms. The molecule has 2 fully saturated rings. The van der Waals surface area contributed by atoms with Gasteiger partial charge in [0, 0.05) is 24.7 Å². The second-order valence-electron chi connectivity index (χ2n) is 4.56. The predicted molar refractivity (Wildman–Crippen MR) is 51.0 cm³/mol. The molecule has 2 nitrogen and oxygen atoms in total. The molecule has 0 atom stereocenters. The largest absolute Gasteiger partial charge is 0.323 e. The number of hydrogen-bond acceptors (Lipinski definition) is 2. The molecule has 1 heterocycles. The maximum Gasteiger partial charge on any atom is 0.0410 e. The Bertz CT molecular complexity index is 155. The van der Waals surface area contributed by atoms with Crippen LogP contribution < -0.4 is 5.73 Å². The molecule has 2 rings (SSSR count). The van der Waals surface area contributed by atoms with Gasteiger partial charge < -0.3 is 5.73 Å². The third-order valence-electron chi connectivity index (χ3n) is 3.58. The van der Waals surface area contributed by atoms with E-state index in [-0.39, 0.29) is 5.54 Å². The van der Waals surface area contributed by atoms with Gasteiger partial charge in [-0.2, -0.15) is 0 Å². The number of nitrogens with two attached hydrogens (primary N) is 1. The quantitative estimate of drug-likeness (QED) is 0.674. The molecule has 1 saturated carbocycles. The van der Waals surface area contributed by atoms with Gasteiger partial charge >= 0.3 is 0 Å². The zero-order valence-corrected chi connectivity index (χ0v) is 8.05. The summed E-state index contributed by atoms with van der Waals surface area (Å²) < 4.78 is 0. The van der Waals surface area contributed by atoms with Gasteiger partial charge in [-0.25, -0.2) is 0 Å². The fourth-order valence-corrected chi connectivity index (χ4v) is 2.51. The fourth-order valence-electron chi connectivity index (χ4n) is 2.51. The van der Waals surface area contributed by atoms with Crippen LogP contribution in [0.3, 0.4) is 0 Å². The smallest absolute Gasteiger partial charge is 0.0410 e. The topological polar surface area (TPSA) is 29.3 Å². The van der Waals surface area contributed by atoms with E-state index in [0.717, 1.165) is 25.6 Å². The molecule has 0 unspecified atom stereocenters. The normalized spacial score (nSPS) is 30.5. The summed E-state index contributed by atoms with van der Waals surface area (Å²) in [7, 11) is 0. The van der Waals surface area contributed by atoms with E-state index in [2.05, 4.69) is 11.8 Å². The van der Waals surface area contributed by atoms with Gasteiger partial charge in [0.15, 0.2) is 0 Å². The van der Waals surface area contributed by atoms with E-state index in [1.54, 1.807) is 0 Å². The number of rotatable bonds is 2. The highest BCUT2D eigenvalue weighted by atomic mass is 15.3. The lowest BCUT2D eigenvalue weighted by Gasteiger charge is -2.50. The molecule has 1 saturated heterocycles. The van der Waals surface area contributed by atoms with E-state index in [1.165, 1.54) is 25.7 Å². The summed E-state index contributed by atoms with van der Waals surface area (Å²) in [5.74, 6) is 0. The predicted octanol–water partition coefficient (Wildman–Crippen LogP) is 1.35. The average Bonchev–Trinajstić information content (AvgIpc) is 2.50. The van der Waals surface area contributed by atoms with Crippen molar-refractivity contribution in [1.29, 1.82) is 0 Å². The van der Waals surface area contributed by atoms with Gasteiger partial charge in [0.25, 0.3) is 0 Å². The van der Waals surface area contributed by atoms with Crippen molar-refractivity contribution in [3.8, 4) is 0 Å². The summed E-state index contributed by atoms with van der Waals surface area (Å²) in [6, 6.07) is 0.883. The first-order valence-electron chi connectivity index (χ1n) is 5.26. The van der Waals surface area contributed by atoms with Crippen molar-refractivity contribution in [2.24, 2.45) is 5.73 Å². The van der Waals surface area contributed by atoms with Crippen molar-refractivity contribution in [3.63, 3.8) is 0 Å². The third kappa shape index (κ3) is 1.38. The zero-order valence-electron chi connectivity index (χ0n) is 8.05. The minimum Gasteiger partial charge on any atom is -0.323 e. The molecule has 0 aromatic heterocycles. The summed E-state index contributed by atoms with van der Waals surface area (Å²) in [5.41, 5.74) is 6.29. The van der Waals surface area contributed by atoms with Gasteiger partial charge in [-0.1, -0.05) is 19.8 Å². The van der Waals surface area contributed by atoms with Crippen LogP contribution in [0.1, 0.15) is 39.0 Å². The van der Waals surface area contributed by atoms with Crippen LogP contribution in [-0.4, -0.2) is 29.6 Å². The van der Waals surface area contributed by atoms with Crippen molar-refractivity contribution in [2.45, 2.75) is 50.6 Å². The highest BCUT2D eigenvalue weighted by Crippen LogP contribution is 2.31. The molecule has 0 amide bonds. The Hall–Kier alpha value is -0.0800. The van der Waals surface area contributed by atoms with Gasteiger partial charge in [-0.15, -0.1) is 0 Å². The molecule has 0 spiro atoms. The summed E-state index contributed by atoms with van der Waals surface area (Å²) in [6.07, 6.45) is 6.84. The van der Waals surface area contributed by atoms with Gasteiger partial charge in [-0.05, 0) is 19.3 Å². The van der Waals surface area contributed by atoms with Crippen LogP contribution in [0.15, 0.2) is 0 Å². The average molecular weight is 168 g/mol. The van der Waals surface area contributed by atoms with E-state index < -0.39 is 0 Å². The van der Waals surface area contributed by atoms with Crippen molar-refractivity contribution >= 4 is 0 Å². The number of hydrogen-bond donors (Lipinski definition) is 1. The second kappa shape index (κ2) is 3.00. The first-order chi connectivity index (χ1) is 5.73. The van der Waals surface area contributed by atoms with E-state index in [1.807, 2.05) is 0 Å². The van der Waals surface area contributed by atoms with E-state index in [4.69, 9.17) is 5.73 Å². The van der Waals surface area contributed by atoms with Crippen LogP contribution >= 0.6 is 0 Å². The van der Waals surface area contributed by atoms with Gasteiger partial charge in [-0.3, -0.25) is 4.90 Å². The van der Waals surface area contributed by atoms with Crippen molar-refractivity contribution < 1.29 is 0 Å². The van der Waals surface area contributed by atoms with E-state index >= 15 is 0 Å². The number of likely N-dealkylation sites (tertiary alicyclic amines) is 1. The van der Waals surface area contributed by atoms with Crippen molar-refractivity contribution in [1.82, 2.24) is 4.90 Å². The Labute approximate surface area is 75.1 Å². The molecular formula is C10H20N2. The minimum atomic E-state index is 0.169. The van der Waals surface area contributed by atoms with Crippen LogP contribution in [-0.2, 0) is 0 Å². The Morgan fingerprint density at radius 2 is 1.92 bits per heavy atom. The SMILES string of the molecule is CCC1(N)CN(C2CCCC2)C1.